The van der Waals surface area contributed by atoms with E-state index in [0.29, 0.717) is 13.1 Å². The first kappa shape index (κ1) is 19.4. The van der Waals surface area contributed by atoms with Crippen LogP contribution in [0.25, 0.3) is 0 Å². The first-order valence-electron chi connectivity index (χ1n) is 7.61. The molecule has 6 nitrogen and oxygen atoms in total. The summed E-state index contributed by atoms with van der Waals surface area (Å²) in [5, 5.41) is 12.0. The lowest BCUT2D eigenvalue weighted by atomic mass is 10.2. The summed E-state index contributed by atoms with van der Waals surface area (Å²) in [6.45, 7) is 7.65. The predicted octanol–water partition coefficient (Wildman–Crippen LogP) is 2.72. The van der Waals surface area contributed by atoms with Crippen molar-refractivity contribution >= 4 is 23.4 Å². The molecule has 23 heavy (non-hydrogen) atoms. The number of hydrogen-bond donors (Lipinski definition) is 2. The second-order valence-electron chi connectivity index (χ2n) is 6.37. The van der Waals surface area contributed by atoms with E-state index >= 15 is 0 Å². The van der Waals surface area contributed by atoms with Gasteiger partial charge < -0.3 is 20.1 Å². The van der Waals surface area contributed by atoms with Gasteiger partial charge in [-0.15, -0.1) is 11.3 Å². The Hall–Kier alpha value is -1.60. The molecule has 0 atom stereocenters. The number of carbonyl (C=O) groups excluding carboxylic acids is 1. The van der Waals surface area contributed by atoms with E-state index in [1.165, 1.54) is 11.3 Å². The third-order valence-electron chi connectivity index (χ3n) is 2.89. The summed E-state index contributed by atoms with van der Waals surface area (Å²) in [5.41, 5.74) is -0.476. The molecular formula is C16H26N2O4S. The van der Waals surface area contributed by atoms with Gasteiger partial charge in [0.1, 0.15) is 5.60 Å². The highest BCUT2D eigenvalue weighted by atomic mass is 32.1. The molecule has 0 aromatic carbocycles. The van der Waals surface area contributed by atoms with Crippen LogP contribution in [0.1, 0.15) is 36.9 Å². The highest BCUT2D eigenvalue weighted by Crippen LogP contribution is 2.16. The summed E-state index contributed by atoms with van der Waals surface area (Å²) in [6.07, 6.45) is 0.586. The first-order valence-corrected chi connectivity index (χ1v) is 8.43. The number of hydrogen-bond acceptors (Lipinski definition) is 5. The Morgan fingerprint density at radius 3 is 2.57 bits per heavy atom. The maximum Gasteiger partial charge on any atom is 0.410 e. The van der Waals surface area contributed by atoms with Crippen molar-refractivity contribution in [3.05, 3.63) is 21.9 Å². The number of rotatable bonds is 8. The monoisotopic (exact) mass is 342 g/mol. The van der Waals surface area contributed by atoms with E-state index in [1.54, 1.807) is 11.9 Å². The van der Waals surface area contributed by atoms with E-state index in [2.05, 4.69) is 5.32 Å². The van der Waals surface area contributed by atoms with Crippen LogP contribution in [0.2, 0.25) is 0 Å². The topological polar surface area (TPSA) is 78.9 Å². The van der Waals surface area contributed by atoms with Crippen molar-refractivity contribution in [1.82, 2.24) is 10.2 Å². The predicted molar refractivity (Wildman–Crippen MR) is 90.8 cm³/mol. The van der Waals surface area contributed by atoms with Crippen LogP contribution >= 0.6 is 11.3 Å². The van der Waals surface area contributed by atoms with Crippen LogP contribution < -0.4 is 5.32 Å². The number of carboxylic acid groups (broad SMARTS) is 1. The minimum absolute atomic E-state index is 0.0748. The van der Waals surface area contributed by atoms with Crippen LogP contribution in [-0.4, -0.2) is 47.8 Å². The number of carbonyl (C=O) groups is 2. The Labute approximate surface area is 141 Å². The second-order valence-corrected chi connectivity index (χ2v) is 7.62. The van der Waals surface area contributed by atoms with Gasteiger partial charge in [0.05, 0.1) is 6.42 Å². The molecule has 0 saturated heterocycles. The number of amides is 1. The molecule has 7 heteroatoms. The fourth-order valence-electron chi connectivity index (χ4n) is 1.85. The molecule has 1 heterocycles. The van der Waals surface area contributed by atoms with Crippen LogP contribution in [0, 0.1) is 0 Å². The first-order chi connectivity index (χ1) is 10.7. The van der Waals surface area contributed by atoms with Crippen molar-refractivity contribution in [2.24, 2.45) is 0 Å². The lowest BCUT2D eigenvalue weighted by Crippen LogP contribution is -2.35. The molecule has 0 bridgehead atoms. The standard InChI is InChI=1S/C16H26N2O4S/c1-16(2,3)22-15(21)18(4)9-5-8-17-11-13-7-6-12(23-13)10-14(19)20/h6-7,17H,5,8-11H2,1-4H3,(H,19,20). The van der Waals surface area contributed by atoms with E-state index in [4.69, 9.17) is 9.84 Å². The van der Waals surface area contributed by atoms with E-state index < -0.39 is 11.6 Å². The maximum absolute atomic E-state index is 11.8. The number of carboxylic acids is 1. The molecule has 0 unspecified atom stereocenters. The molecule has 1 amide bonds. The Balaban J connectivity index is 2.19. The van der Waals surface area contributed by atoms with Crippen LogP contribution in [0.3, 0.4) is 0 Å². The SMILES string of the molecule is CN(CCCNCc1ccc(CC(=O)O)s1)C(=O)OC(C)(C)C. The number of aliphatic carboxylic acids is 1. The number of ether oxygens (including phenoxy) is 1. The summed E-state index contributed by atoms with van der Waals surface area (Å²) >= 11 is 1.51. The molecular weight excluding hydrogens is 316 g/mol. The summed E-state index contributed by atoms with van der Waals surface area (Å²) in [5.74, 6) is -0.809. The van der Waals surface area contributed by atoms with Crippen LogP contribution in [0.15, 0.2) is 12.1 Å². The summed E-state index contributed by atoms with van der Waals surface area (Å²) in [4.78, 5) is 25.9. The highest BCUT2D eigenvalue weighted by molar-refractivity contribution is 7.12. The molecule has 0 aliphatic rings. The van der Waals surface area contributed by atoms with Gasteiger partial charge in [-0.3, -0.25) is 4.79 Å². The van der Waals surface area contributed by atoms with Crippen molar-refractivity contribution in [3.8, 4) is 0 Å². The second kappa shape index (κ2) is 8.88. The van der Waals surface area contributed by atoms with Gasteiger partial charge in [-0.1, -0.05) is 0 Å². The zero-order chi connectivity index (χ0) is 17.5. The zero-order valence-corrected chi connectivity index (χ0v) is 15.0. The van der Waals surface area contributed by atoms with Gasteiger partial charge in [0, 0.05) is 29.9 Å². The van der Waals surface area contributed by atoms with Crippen molar-refractivity contribution in [1.29, 1.82) is 0 Å². The van der Waals surface area contributed by atoms with Crippen molar-refractivity contribution in [2.45, 2.75) is 45.8 Å². The Kier molecular flexibility index (Phi) is 7.51. The molecule has 0 saturated carbocycles. The fourth-order valence-corrected chi connectivity index (χ4v) is 2.82. The zero-order valence-electron chi connectivity index (χ0n) is 14.2. The smallest absolute Gasteiger partial charge is 0.410 e. The van der Waals surface area contributed by atoms with Gasteiger partial charge >= 0.3 is 12.1 Å². The minimum Gasteiger partial charge on any atom is -0.481 e. The normalized spacial score (nSPS) is 11.3. The number of nitrogens with one attached hydrogen (secondary N) is 1. The van der Waals surface area contributed by atoms with E-state index in [0.717, 1.165) is 22.7 Å². The average Bonchev–Trinajstić information content (AvgIpc) is 2.82. The molecule has 0 aliphatic heterocycles. The Bertz CT molecular complexity index is 522. The van der Waals surface area contributed by atoms with Gasteiger partial charge in [0.15, 0.2) is 0 Å². The van der Waals surface area contributed by atoms with Gasteiger partial charge in [0.25, 0.3) is 0 Å². The summed E-state index contributed by atoms with van der Waals surface area (Å²) < 4.78 is 5.28. The number of nitrogens with zero attached hydrogens (tertiary/aromatic N) is 1. The molecule has 130 valence electrons. The van der Waals surface area contributed by atoms with Gasteiger partial charge in [-0.05, 0) is 45.9 Å². The van der Waals surface area contributed by atoms with Gasteiger partial charge in [-0.25, -0.2) is 4.79 Å². The maximum atomic E-state index is 11.8. The molecule has 1 aromatic heterocycles. The summed E-state index contributed by atoms with van der Waals surface area (Å²) in [6, 6.07) is 3.80. The van der Waals surface area contributed by atoms with E-state index in [1.807, 2.05) is 32.9 Å². The quantitative estimate of drug-likeness (QED) is 0.710. The van der Waals surface area contributed by atoms with E-state index in [-0.39, 0.29) is 12.5 Å². The molecule has 0 spiro atoms. The molecule has 2 N–H and O–H groups in total. The lowest BCUT2D eigenvalue weighted by molar-refractivity contribution is -0.136. The fraction of sp³-hybridized carbons (Fsp3) is 0.625. The average molecular weight is 342 g/mol. The highest BCUT2D eigenvalue weighted by Gasteiger charge is 2.18. The van der Waals surface area contributed by atoms with Crippen LogP contribution in [0.4, 0.5) is 4.79 Å². The van der Waals surface area contributed by atoms with Crippen LogP contribution in [-0.2, 0) is 22.5 Å². The molecule has 1 rings (SSSR count). The minimum atomic E-state index is -0.809. The van der Waals surface area contributed by atoms with E-state index in [9.17, 15) is 9.59 Å². The van der Waals surface area contributed by atoms with Gasteiger partial charge in [-0.2, -0.15) is 0 Å². The third-order valence-corrected chi connectivity index (χ3v) is 3.98. The molecule has 0 fully saturated rings. The molecule has 1 aromatic rings. The van der Waals surface area contributed by atoms with Crippen LogP contribution in [0.5, 0.6) is 0 Å². The largest absolute Gasteiger partial charge is 0.481 e. The summed E-state index contributed by atoms with van der Waals surface area (Å²) in [7, 11) is 1.73. The number of thiophene rings is 1. The molecule has 0 aliphatic carbocycles. The lowest BCUT2D eigenvalue weighted by Gasteiger charge is -2.24. The Morgan fingerprint density at radius 2 is 1.96 bits per heavy atom. The van der Waals surface area contributed by atoms with Crippen molar-refractivity contribution < 1.29 is 19.4 Å². The molecule has 0 radical (unpaired) electrons. The van der Waals surface area contributed by atoms with Crippen molar-refractivity contribution in [2.75, 3.05) is 20.1 Å². The van der Waals surface area contributed by atoms with Crippen molar-refractivity contribution in [3.63, 3.8) is 0 Å². The Morgan fingerprint density at radius 1 is 1.30 bits per heavy atom. The third kappa shape index (κ3) is 8.56. The van der Waals surface area contributed by atoms with Gasteiger partial charge in [0.2, 0.25) is 0 Å².